The zero-order valence-corrected chi connectivity index (χ0v) is 10.8. The molecule has 0 aromatic heterocycles. The molecule has 0 aliphatic carbocycles. The van der Waals surface area contributed by atoms with E-state index < -0.39 is 0 Å². The lowest BCUT2D eigenvalue weighted by Gasteiger charge is -2.11. The molecule has 2 rings (SSSR count). The van der Waals surface area contributed by atoms with Crippen LogP contribution in [-0.2, 0) is 0 Å². The van der Waals surface area contributed by atoms with Crippen LogP contribution in [0.15, 0.2) is 18.2 Å². The summed E-state index contributed by atoms with van der Waals surface area (Å²) in [5.41, 5.74) is 1.78. The number of hydrogen-bond acceptors (Lipinski definition) is 2. The minimum atomic E-state index is -0.0573. The number of para-hydroxylation sites is 1. The van der Waals surface area contributed by atoms with Gasteiger partial charge in [0.2, 0.25) is 0 Å². The molecule has 1 heterocycles. The van der Waals surface area contributed by atoms with E-state index in [2.05, 4.69) is 12.2 Å². The number of fused-ring (bicyclic) bond motifs is 1. The number of amides is 1. The van der Waals surface area contributed by atoms with Crippen molar-refractivity contribution in [2.24, 2.45) is 0 Å². The summed E-state index contributed by atoms with van der Waals surface area (Å²) in [5, 5.41) is 2.90. The van der Waals surface area contributed by atoms with E-state index >= 15 is 0 Å². The summed E-state index contributed by atoms with van der Waals surface area (Å²) in [4.78, 5) is 12.0. The van der Waals surface area contributed by atoms with Gasteiger partial charge in [-0.25, -0.2) is 0 Å². The van der Waals surface area contributed by atoms with E-state index in [4.69, 9.17) is 4.74 Å². The third kappa shape index (κ3) is 2.14. The third-order valence-electron chi connectivity index (χ3n) is 3.21. The van der Waals surface area contributed by atoms with Crippen molar-refractivity contribution in [3.05, 3.63) is 29.3 Å². The maximum absolute atomic E-state index is 12.0. The molecule has 17 heavy (non-hydrogen) atoms. The smallest absolute Gasteiger partial charge is 0.255 e. The fraction of sp³-hybridized carbons (Fsp3) is 0.500. The molecular formula is C14H19NO2. The number of carbonyl (C=O) groups is 1. The van der Waals surface area contributed by atoms with E-state index in [1.54, 1.807) is 0 Å². The van der Waals surface area contributed by atoms with Gasteiger partial charge in [0.15, 0.2) is 0 Å². The zero-order chi connectivity index (χ0) is 12.6. The van der Waals surface area contributed by atoms with Gasteiger partial charge in [0, 0.05) is 17.5 Å². The van der Waals surface area contributed by atoms with Gasteiger partial charge >= 0.3 is 0 Å². The lowest BCUT2D eigenvalue weighted by Crippen LogP contribution is -2.30. The Bertz CT molecular complexity index is 440. The van der Waals surface area contributed by atoms with Crippen LogP contribution >= 0.6 is 0 Å². The largest absolute Gasteiger partial charge is 0.489 e. The second-order valence-corrected chi connectivity index (χ2v) is 4.96. The first-order chi connectivity index (χ1) is 8.00. The number of nitrogens with one attached hydrogen (secondary N) is 1. The summed E-state index contributed by atoms with van der Waals surface area (Å²) in [5.74, 6) is 1.04. The molecule has 0 fully saturated rings. The number of carbonyl (C=O) groups excluding carboxylic acids is 1. The molecule has 1 N–H and O–H groups in total. The highest BCUT2D eigenvalue weighted by molar-refractivity contribution is 5.97. The molecule has 1 amide bonds. The number of benzene rings is 1. The van der Waals surface area contributed by atoms with Crippen LogP contribution in [0.5, 0.6) is 5.75 Å². The molecule has 2 unspecified atom stereocenters. The molecule has 0 spiro atoms. The Morgan fingerprint density at radius 1 is 1.35 bits per heavy atom. The van der Waals surface area contributed by atoms with Crippen LogP contribution in [-0.4, -0.2) is 18.1 Å². The predicted octanol–water partition coefficient (Wildman–Crippen LogP) is 2.71. The molecular weight excluding hydrogens is 214 g/mol. The van der Waals surface area contributed by atoms with Crippen molar-refractivity contribution in [1.29, 1.82) is 0 Å². The normalized spacial score (nSPS) is 22.2. The van der Waals surface area contributed by atoms with Crippen LogP contribution in [0.2, 0.25) is 0 Å². The fourth-order valence-corrected chi connectivity index (χ4v) is 2.10. The molecule has 92 valence electrons. The van der Waals surface area contributed by atoms with Crippen molar-refractivity contribution < 1.29 is 9.53 Å². The minimum Gasteiger partial charge on any atom is -0.489 e. The number of ether oxygens (including phenoxy) is 1. The molecule has 0 radical (unpaired) electrons. The van der Waals surface area contributed by atoms with Gasteiger partial charge in [0.25, 0.3) is 5.91 Å². The highest BCUT2D eigenvalue weighted by Gasteiger charge is 2.30. The Morgan fingerprint density at radius 3 is 2.71 bits per heavy atom. The van der Waals surface area contributed by atoms with Crippen LogP contribution in [0.25, 0.3) is 0 Å². The van der Waals surface area contributed by atoms with Crippen LogP contribution in [0.4, 0.5) is 0 Å². The average Bonchev–Trinajstić information content (AvgIpc) is 2.54. The van der Waals surface area contributed by atoms with Crippen LogP contribution in [0.3, 0.4) is 0 Å². The highest BCUT2D eigenvalue weighted by Crippen LogP contribution is 2.40. The van der Waals surface area contributed by atoms with Crippen molar-refractivity contribution in [2.75, 3.05) is 0 Å². The first kappa shape index (κ1) is 12.0. The summed E-state index contributed by atoms with van der Waals surface area (Å²) in [6.07, 6.45) is 0.137. The fourth-order valence-electron chi connectivity index (χ4n) is 2.10. The maximum Gasteiger partial charge on any atom is 0.255 e. The van der Waals surface area contributed by atoms with Gasteiger partial charge in [0.05, 0.1) is 5.56 Å². The molecule has 1 aromatic rings. The van der Waals surface area contributed by atoms with Gasteiger partial charge in [-0.3, -0.25) is 4.79 Å². The molecule has 1 aliphatic heterocycles. The molecule has 0 saturated heterocycles. The quantitative estimate of drug-likeness (QED) is 0.853. The summed E-state index contributed by atoms with van der Waals surface area (Å²) in [6, 6.07) is 5.91. The van der Waals surface area contributed by atoms with E-state index in [0.717, 1.165) is 11.3 Å². The van der Waals surface area contributed by atoms with E-state index in [1.807, 2.05) is 39.0 Å². The van der Waals surface area contributed by atoms with Gasteiger partial charge in [-0.15, -0.1) is 0 Å². The lowest BCUT2D eigenvalue weighted by atomic mass is 9.97. The van der Waals surface area contributed by atoms with Gasteiger partial charge in [0.1, 0.15) is 11.9 Å². The summed E-state index contributed by atoms with van der Waals surface area (Å²) in [6.45, 7) is 8.07. The molecule has 3 nitrogen and oxygen atoms in total. The Hall–Kier alpha value is -1.51. The zero-order valence-electron chi connectivity index (χ0n) is 10.8. The van der Waals surface area contributed by atoms with Gasteiger partial charge in [-0.2, -0.15) is 0 Å². The SMILES string of the molecule is CC(C)NC(=O)c1cccc2c1OC(C)C2C. The van der Waals surface area contributed by atoms with Gasteiger partial charge < -0.3 is 10.1 Å². The molecule has 0 saturated carbocycles. The van der Waals surface area contributed by atoms with E-state index in [1.165, 1.54) is 0 Å². The van der Waals surface area contributed by atoms with E-state index in [0.29, 0.717) is 11.5 Å². The molecule has 1 aliphatic rings. The Kier molecular flexibility index (Phi) is 3.09. The summed E-state index contributed by atoms with van der Waals surface area (Å²) < 4.78 is 5.79. The summed E-state index contributed by atoms with van der Waals surface area (Å²) in [7, 11) is 0. The Morgan fingerprint density at radius 2 is 2.06 bits per heavy atom. The first-order valence-electron chi connectivity index (χ1n) is 6.11. The van der Waals surface area contributed by atoms with Crippen LogP contribution in [0.1, 0.15) is 49.5 Å². The van der Waals surface area contributed by atoms with Gasteiger partial charge in [-0.1, -0.05) is 19.1 Å². The first-order valence-corrected chi connectivity index (χ1v) is 6.11. The minimum absolute atomic E-state index is 0.0573. The Labute approximate surface area is 102 Å². The third-order valence-corrected chi connectivity index (χ3v) is 3.21. The highest BCUT2D eigenvalue weighted by atomic mass is 16.5. The predicted molar refractivity (Wildman–Crippen MR) is 67.5 cm³/mol. The van der Waals surface area contributed by atoms with Crippen molar-refractivity contribution in [3.63, 3.8) is 0 Å². The molecule has 2 atom stereocenters. The van der Waals surface area contributed by atoms with E-state index in [9.17, 15) is 4.79 Å². The lowest BCUT2D eigenvalue weighted by molar-refractivity contribution is 0.0938. The molecule has 1 aromatic carbocycles. The molecule has 3 heteroatoms. The van der Waals surface area contributed by atoms with Crippen LogP contribution in [0, 0.1) is 0 Å². The summed E-state index contributed by atoms with van der Waals surface area (Å²) >= 11 is 0. The average molecular weight is 233 g/mol. The van der Waals surface area contributed by atoms with Crippen molar-refractivity contribution in [1.82, 2.24) is 5.32 Å². The monoisotopic (exact) mass is 233 g/mol. The maximum atomic E-state index is 12.0. The second kappa shape index (κ2) is 4.40. The molecule has 0 bridgehead atoms. The van der Waals surface area contributed by atoms with Crippen molar-refractivity contribution in [3.8, 4) is 5.75 Å². The van der Waals surface area contributed by atoms with E-state index in [-0.39, 0.29) is 18.1 Å². The van der Waals surface area contributed by atoms with Crippen molar-refractivity contribution in [2.45, 2.75) is 45.8 Å². The van der Waals surface area contributed by atoms with Crippen LogP contribution < -0.4 is 10.1 Å². The number of hydrogen-bond donors (Lipinski definition) is 1. The Balaban J connectivity index is 2.35. The topological polar surface area (TPSA) is 38.3 Å². The second-order valence-electron chi connectivity index (χ2n) is 4.96. The standard InChI is InChI=1S/C14H19NO2/c1-8(2)15-14(16)12-7-5-6-11-9(3)10(4)17-13(11)12/h5-10H,1-4H3,(H,15,16). The van der Waals surface area contributed by atoms with Gasteiger partial charge in [-0.05, 0) is 26.8 Å². The number of rotatable bonds is 2. The van der Waals surface area contributed by atoms with Crippen molar-refractivity contribution >= 4 is 5.91 Å².